The van der Waals surface area contributed by atoms with E-state index in [0.29, 0.717) is 10.4 Å². The molecule has 0 aromatic carbocycles. The molecule has 100 valence electrons. The maximum absolute atomic E-state index is 6.45. The minimum atomic E-state index is 0.414. The zero-order valence-electron chi connectivity index (χ0n) is 10.3. The van der Waals surface area contributed by atoms with E-state index in [-0.39, 0.29) is 0 Å². The molecule has 19 heavy (non-hydrogen) atoms. The molecule has 6 heteroatoms. The Morgan fingerprint density at radius 3 is 2.95 bits per heavy atom. The van der Waals surface area contributed by atoms with Crippen molar-refractivity contribution < 1.29 is 0 Å². The summed E-state index contributed by atoms with van der Waals surface area (Å²) in [4.78, 5) is 12.0. The first-order valence-electron chi connectivity index (χ1n) is 6.50. The second kappa shape index (κ2) is 5.10. The van der Waals surface area contributed by atoms with Crippen molar-refractivity contribution in [3.05, 3.63) is 21.4 Å². The topological polar surface area (TPSA) is 25.8 Å². The van der Waals surface area contributed by atoms with Crippen LogP contribution in [0.15, 0.2) is 0 Å². The van der Waals surface area contributed by atoms with Gasteiger partial charge in [-0.1, -0.05) is 11.6 Å². The van der Waals surface area contributed by atoms with Gasteiger partial charge in [-0.25, -0.2) is 9.97 Å². The molecule has 2 aromatic rings. The Balaban J connectivity index is 1.82. The summed E-state index contributed by atoms with van der Waals surface area (Å²) >= 11 is 12.2. The van der Waals surface area contributed by atoms with Crippen LogP contribution in [0.25, 0.3) is 10.2 Å². The maximum Gasteiger partial charge on any atom is 0.145 e. The number of halogens is 1. The highest BCUT2D eigenvalue weighted by molar-refractivity contribution is 8.06. The third-order valence-electron chi connectivity index (χ3n) is 3.64. The largest absolute Gasteiger partial charge is 0.221 e. The van der Waals surface area contributed by atoms with Crippen LogP contribution >= 0.6 is 46.5 Å². The van der Waals surface area contributed by atoms with Gasteiger partial charge in [0.25, 0.3) is 0 Å². The lowest BCUT2D eigenvalue weighted by molar-refractivity contribution is 0.914. The van der Waals surface area contributed by atoms with E-state index in [4.69, 9.17) is 16.6 Å². The zero-order chi connectivity index (χ0) is 12.8. The monoisotopic (exact) mass is 328 g/mol. The van der Waals surface area contributed by atoms with Crippen molar-refractivity contribution in [2.45, 2.75) is 24.5 Å². The molecule has 3 heterocycles. The molecule has 1 aliphatic carbocycles. The Morgan fingerprint density at radius 1 is 1.16 bits per heavy atom. The van der Waals surface area contributed by atoms with Crippen molar-refractivity contribution in [1.82, 2.24) is 9.97 Å². The number of aryl methyl sites for hydroxylation is 2. The second-order valence-electron chi connectivity index (χ2n) is 4.84. The molecule has 1 saturated heterocycles. The summed E-state index contributed by atoms with van der Waals surface area (Å²) in [5, 5.41) is 2.23. The van der Waals surface area contributed by atoms with Crippen LogP contribution < -0.4 is 0 Å². The summed E-state index contributed by atoms with van der Waals surface area (Å²) in [6.07, 6.45) is 3.59. The molecule has 0 saturated carbocycles. The summed E-state index contributed by atoms with van der Waals surface area (Å²) in [7, 11) is 0. The van der Waals surface area contributed by atoms with Gasteiger partial charge in [0.1, 0.15) is 15.8 Å². The first-order valence-corrected chi connectivity index (χ1v) is 9.90. The fourth-order valence-electron chi connectivity index (χ4n) is 2.75. The van der Waals surface area contributed by atoms with Gasteiger partial charge in [-0.3, -0.25) is 0 Å². The third-order valence-corrected chi connectivity index (χ3v) is 7.85. The molecule has 1 unspecified atom stereocenters. The molecule has 0 amide bonds. The summed E-state index contributed by atoms with van der Waals surface area (Å²) in [6, 6.07) is 0. The number of aromatic nitrogens is 2. The van der Waals surface area contributed by atoms with Crippen molar-refractivity contribution in [3.63, 3.8) is 0 Å². The standard InChI is InChI=1S/C13H13ClN2S3/c14-11-10-7-2-1-3-8(7)19-13(10)16-12(15-11)9-6-17-4-5-18-9/h9H,1-6H2. The molecule has 1 aliphatic heterocycles. The molecule has 0 radical (unpaired) electrons. The van der Waals surface area contributed by atoms with E-state index in [1.165, 1.54) is 34.8 Å². The van der Waals surface area contributed by atoms with Gasteiger partial charge in [-0.15, -0.1) is 23.1 Å². The molecule has 0 spiro atoms. The van der Waals surface area contributed by atoms with Gasteiger partial charge in [-0.2, -0.15) is 11.8 Å². The molecule has 4 rings (SSSR count). The third kappa shape index (κ3) is 2.19. The summed E-state index contributed by atoms with van der Waals surface area (Å²) in [5.41, 5.74) is 1.42. The predicted octanol–water partition coefficient (Wildman–Crippen LogP) is 4.35. The Morgan fingerprint density at radius 2 is 2.11 bits per heavy atom. The van der Waals surface area contributed by atoms with Gasteiger partial charge in [0, 0.05) is 22.1 Å². The highest BCUT2D eigenvalue weighted by atomic mass is 35.5. The molecular weight excluding hydrogens is 316 g/mol. The number of thioether (sulfide) groups is 2. The molecule has 1 fully saturated rings. The number of fused-ring (bicyclic) bond motifs is 3. The van der Waals surface area contributed by atoms with Crippen LogP contribution in [-0.4, -0.2) is 27.2 Å². The number of nitrogens with zero attached hydrogens (tertiary/aromatic N) is 2. The quantitative estimate of drug-likeness (QED) is 0.727. The summed E-state index contributed by atoms with van der Waals surface area (Å²) in [6.45, 7) is 0. The minimum Gasteiger partial charge on any atom is -0.221 e. The Labute approximate surface area is 129 Å². The van der Waals surface area contributed by atoms with Crippen LogP contribution in [0.2, 0.25) is 5.15 Å². The van der Waals surface area contributed by atoms with E-state index in [9.17, 15) is 0 Å². The average molecular weight is 329 g/mol. The van der Waals surface area contributed by atoms with Crippen molar-refractivity contribution in [3.8, 4) is 0 Å². The smallest absolute Gasteiger partial charge is 0.145 e. The van der Waals surface area contributed by atoms with Crippen LogP contribution in [0.3, 0.4) is 0 Å². The summed E-state index contributed by atoms with van der Waals surface area (Å²) < 4.78 is 0. The van der Waals surface area contributed by atoms with E-state index in [1.54, 1.807) is 0 Å². The highest BCUT2D eigenvalue weighted by Gasteiger charge is 2.25. The lowest BCUT2D eigenvalue weighted by atomic mass is 10.2. The van der Waals surface area contributed by atoms with Crippen molar-refractivity contribution >= 4 is 56.7 Å². The number of hydrogen-bond acceptors (Lipinski definition) is 5. The number of rotatable bonds is 1. The average Bonchev–Trinajstić information content (AvgIpc) is 2.99. The molecular formula is C13H13ClN2S3. The summed E-state index contributed by atoms with van der Waals surface area (Å²) in [5.74, 6) is 4.48. The molecule has 2 aliphatic rings. The second-order valence-corrected chi connectivity index (χ2v) is 8.75. The van der Waals surface area contributed by atoms with Crippen LogP contribution in [-0.2, 0) is 12.8 Å². The van der Waals surface area contributed by atoms with E-state index in [2.05, 4.69) is 4.98 Å². The zero-order valence-corrected chi connectivity index (χ0v) is 13.5. The fourth-order valence-corrected chi connectivity index (χ4v) is 6.96. The number of hydrogen-bond donors (Lipinski definition) is 0. The first kappa shape index (κ1) is 12.7. The predicted molar refractivity (Wildman–Crippen MR) is 87.0 cm³/mol. The minimum absolute atomic E-state index is 0.414. The van der Waals surface area contributed by atoms with Gasteiger partial charge in [0.15, 0.2) is 0 Å². The lowest BCUT2D eigenvalue weighted by Crippen LogP contribution is -2.10. The normalized spacial score (nSPS) is 22.9. The molecule has 2 nitrogen and oxygen atoms in total. The van der Waals surface area contributed by atoms with E-state index >= 15 is 0 Å². The Hall–Kier alpha value is 0.0300. The van der Waals surface area contributed by atoms with Crippen LogP contribution in [0.5, 0.6) is 0 Å². The van der Waals surface area contributed by atoms with Crippen LogP contribution in [0.4, 0.5) is 0 Å². The van der Waals surface area contributed by atoms with Crippen molar-refractivity contribution in [1.29, 1.82) is 0 Å². The molecule has 2 aromatic heterocycles. The Kier molecular flexibility index (Phi) is 3.42. The Bertz CT molecular complexity index is 634. The molecule has 1 atom stereocenters. The van der Waals surface area contributed by atoms with Crippen molar-refractivity contribution in [2.75, 3.05) is 17.3 Å². The number of thiophene rings is 1. The van der Waals surface area contributed by atoms with Gasteiger partial charge < -0.3 is 0 Å². The first-order chi connectivity index (χ1) is 9.33. The van der Waals surface area contributed by atoms with Crippen molar-refractivity contribution in [2.24, 2.45) is 0 Å². The lowest BCUT2D eigenvalue weighted by Gasteiger charge is -2.19. The van der Waals surface area contributed by atoms with Crippen LogP contribution in [0, 0.1) is 0 Å². The van der Waals surface area contributed by atoms with Crippen LogP contribution in [0.1, 0.15) is 27.9 Å². The van der Waals surface area contributed by atoms with E-state index in [0.717, 1.165) is 28.2 Å². The highest BCUT2D eigenvalue weighted by Crippen LogP contribution is 2.41. The maximum atomic E-state index is 6.45. The SMILES string of the molecule is Clc1nc(C2CSCCS2)nc2sc3c(c12)CCC3. The van der Waals surface area contributed by atoms with Gasteiger partial charge in [0.05, 0.1) is 10.6 Å². The van der Waals surface area contributed by atoms with E-state index < -0.39 is 0 Å². The molecule has 0 bridgehead atoms. The van der Waals surface area contributed by atoms with Gasteiger partial charge in [0.2, 0.25) is 0 Å². The van der Waals surface area contributed by atoms with Gasteiger partial charge >= 0.3 is 0 Å². The fraction of sp³-hybridized carbons (Fsp3) is 0.538. The van der Waals surface area contributed by atoms with E-state index in [1.807, 2.05) is 34.9 Å². The molecule has 0 N–H and O–H groups in total. The van der Waals surface area contributed by atoms with Gasteiger partial charge in [-0.05, 0) is 24.8 Å².